The average Bonchev–Trinajstić information content (AvgIpc) is 2.36. The summed E-state index contributed by atoms with van der Waals surface area (Å²) in [7, 11) is -2.90. The maximum atomic E-state index is 12.6. The first-order valence-corrected chi connectivity index (χ1v) is 6.47. The van der Waals surface area contributed by atoms with Gasteiger partial charge in [0.1, 0.15) is 5.75 Å². The van der Waals surface area contributed by atoms with Gasteiger partial charge in [-0.05, 0) is 24.3 Å². The van der Waals surface area contributed by atoms with Crippen LogP contribution in [0.1, 0.15) is 0 Å². The van der Waals surface area contributed by atoms with Crippen LogP contribution in [0.2, 0.25) is 0 Å². The molecule has 1 rings (SSSR count). The molecule has 0 aliphatic heterocycles. The molecule has 1 N–H and O–H groups in total. The molecule has 0 atom stereocenters. The third-order valence-corrected chi connectivity index (χ3v) is 3.60. The van der Waals surface area contributed by atoms with Crippen molar-refractivity contribution in [3.8, 4) is 5.75 Å². The van der Waals surface area contributed by atoms with E-state index in [-0.39, 0.29) is 4.90 Å². The predicted molar refractivity (Wildman–Crippen MR) is 59.1 cm³/mol. The van der Waals surface area contributed by atoms with Gasteiger partial charge in [0, 0.05) is 0 Å². The van der Waals surface area contributed by atoms with Crippen LogP contribution in [0.5, 0.6) is 5.75 Å². The van der Waals surface area contributed by atoms with E-state index >= 15 is 0 Å². The first kappa shape index (κ1) is 15.7. The van der Waals surface area contributed by atoms with Gasteiger partial charge in [0.15, 0.2) is 0 Å². The smallest absolute Gasteiger partial charge is 0.320 e. The topological polar surface area (TPSA) is 55.4 Å². The molecular weight excluding hydrogens is 290 g/mol. The Hall–Kier alpha value is -1.35. The van der Waals surface area contributed by atoms with Crippen molar-refractivity contribution in [1.29, 1.82) is 0 Å². The molecule has 0 aliphatic rings. The minimum Gasteiger partial charge on any atom is -0.497 e. The summed E-state index contributed by atoms with van der Waals surface area (Å²) in [5.74, 6) is -4.05. The molecular formula is C10H11F4NO3S. The van der Waals surface area contributed by atoms with E-state index < -0.39 is 28.9 Å². The first-order chi connectivity index (χ1) is 8.69. The largest absolute Gasteiger partial charge is 0.497 e. The molecule has 0 aliphatic carbocycles. The van der Waals surface area contributed by atoms with E-state index in [0.717, 1.165) is 12.1 Å². The Morgan fingerprint density at radius 2 is 1.79 bits per heavy atom. The molecule has 0 amide bonds. The Bertz CT molecular complexity index is 516. The molecule has 0 unspecified atom stereocenters. The summed E-state index contributed by atoms with van der Waals surface area (Å²) in [6.45, 7) is -1.67. The summed E-state index contributed by atoms with van der Waals surface area (Å²) in [6.07, 6.45) is -3.94. The zero-order valence-electron chi connectivity index (χ0n) is 9.74. The maximum Gasteiger partial charge on any atom is 0.320 e. The molecule has 9 heteroatoms. The summed E-state index contributed by atoms with van der Waals surface area (Å²) in [6, 6.07) is 4.84. The van der Waals surface area contributed by atoms with Crippen LogP contribution in [-0.2, 0) is 10.0 Å². The van der Waals surface area contributed by atoms with Crippen LogP contribution in [0.3, 0.4) is 0 Å². The fourth-order valence-electron chi connectivity index (χ4n) is 1.11. The van der Waals surface area contributed by atoms with Gasteiger partial charge in [0.05, 0.1) is 18.6 Å². The van der Waals surface area contributed by atoms with Crippen LogP contribution in [-0.4, -0.2) is 34.4 Å². The molecule has 0 fully saturated rings. The number of ether oxygens (including phenoxy) is 1. The fourth-order valence-corrected chi connectivity index (χ4v) is 2.15. The van der Waals surface area contributed by atoms with Crippen molar-refractivity contribution in [2.24, 2.45) is 0 Å². The van der Waals surface area contributed by atoms with Gasteiger partial charge in [-0.1, -0.05) is 0 Å². The maximum absolute atomic E-state index is 12.6. The van der Waals surface area contributed by atoms with Crippen molar-refractivity contribution in [3.05, 3.63) is 24.3 Å². The van der Waals surface area contributed by atoms with E-state index in [0.29, 0.717) is 5.75 Å². The van der Waals surface area contributed by atoms with Crippen molar-refractivity contribution < 1.29 is 30.7 Å². The second-order valence-electron chi connectivity index (χ2n) is 3.56. The molecule has 19 heavy (non-hydrogen) atoms. The molecule has 0 saturated heterocycles. The normalized spacial score (nSPS) is 12.7. The minimum atomic E-state index is -4.42. The van der Waals surface area contributed by atoms with E-state index in [9.17, 15) is 26.0 Å². The number of sulfonamides is 1. The van der Waals surface area contributed by atoms with Gasteiger partial charge < -0.3 is 4.74 Å². The first-order valence-electron chi connectivity index (χ1n) is 4.99. The Balaban J connectivity index is 2.81. The number of methoxy groups -OCH3 is 1. The van der Waals surface area contributed by atoms with Gasteiger partial charge in [-0.3, -0.25) is 0 Å². The zero-order valence-corrected chi connectivity index (χ0v) is 10.6. The van der Waals surface area contributed by atoms with Crippen LogP contribution < -0.4 is 9.46 Å². The zero-order chi connectivity index (χ0) is 14.7. The lowest BCUT2D eigenvalue weighted by Gasteiger charge is -2.15. The molecule has 1 aromatic carbocycles. The second-order valence-corrected chi connectivity index (χ2v) is 5.33. The summed E-state index contributed by atoms with van der Waals surface area (Å²) < 4.78 is 78.4. The van der Waals surface area contributed by atoms with E-state index in [1.165, 1.54) is 24.0 Å². The molecule has 0 bridgehead atoms. The van der Waals surface area contributed by atoms with Gasteiger partial charge >= 0.3 is 12.3 Å². The van der Waals surface area contributed by atoms with E-state index in [4.69, 9.17) is 4.74 Å². The molecule has 108 valence electrons. The summed E-state index contributed by atoms with van der Waals surface area (Å²) in [5, 5.41) is 0. The van der Waals surface area contributed by atoms with Crippen molar-refractivity contribution in [1.82, 2.24) is 4.72 Å². The average molecular weight is 301 g/mol. The van der Waals surface area contributed by atoms with E-state index in [2.05, 4.69) is 0 Å². The Morgan fingerprint density at radius 1 is 1.26 bits per heavy atom. The highest BCUT2D eigenvalue weighted by Crippen LogP contribution is 2.22. The summed E-state index contributed by atoms with van der Waals surface area (Å²) in [4.78, 5) is -0.321. The lowest BCUT2D eigenvalue weighted by Crippen LogP contribution is -2.41. The molecule has 0 heterocycles. The predicted octanol–water partition coefficient (Wildman–Crippen LogP) is 1.87. The third-order valence-electron chi connectivity index (χ3n) is 2.19. The number of benzene rings is 1. The molecule has 0 radical (unpaired) electrons. The highest BCUT2D eigenvalue weighted by Gasteiger charge is 2.41. The lowest BCUT2D eigenvalue weighted by molar-refractivity contribution is -0.122. The van der Waals surface area contributed by atoms with Crippen LogP contribution in [0, 0.1) is 0 Å². The number of halogens is 4. The van der Waals surface area contributed by atoms with E-state index in [1.54, 1.807) is 0 Å². The van der Waals surface area contributed by atoms with Crippen LogP contribution >= 0.6 is 0 Å². The summed E-state index contributed by atoms with van der Waals surface area (Å²) >= 11 is 0. The monoisotopic (exact) mass is 301 g/mol. The Kier molecular flexibility index (Phi) is 4.75. The second kappa shape index (κ2) is 5.74. The fraction of sp³-hybridized carbons (Fsp3) is 0.400. The molecule has 0 aromatic heterocycles. The number of hydrogen-bond donors (Lipinski definition) is 1. The van der Waals surface area contributed by atoms with Crippen LogP contribution in [0.4, 0.5) is 17.6 Å². The van der Waals surface area contributed by atoms with Gasteiger partial charge in [0.2, 0.25) is 10.0 Å². The van der Waals surface area contributed by atoms with Gasteiger partial charge in [-0.25, -0.2) is 21.9 Å². The van der Waals surface area contributed by atoms with Crippen LogP contribution in [0.25, 0.3) is 0 Å². The third kappa shape index (κ3) is 4.06. The number of alkyl halides is 4. The van der Waals surface area contributed by atoms with Crippen molar-refractivity contribution in [3.63, 3.8) is 0 Å². The highest BCUT2D eigenvalue weighted by atomic mass is 32.2. The molecule has 0 spiro atoms. The Labute approximate surface area is 107 Å². The van der Waals surface area contributed by atoms with Crippen LogP contribution in [0.15, 0.2) is 29.2 Å². The molecule has 4 nitrogen and oxygen atoms in total. The standard InChI is InChI=1S/C10H11F4NO3S/c1-18-7-2-4-8(5-3-7)19(16,17)15-6-10(13,14)9(11)12/h2-5,9,15H,6H2,1H3. The minimum absolute atomic E-state index is 0.321. The van der Waals surface area contributed by atoms with Crippen molar-refractivity contribution in [2.45, 2.75) is 17.2 Å². The lowest BCUT2D eigenvalue weighted by atomic mass is 10.3. The van der Waals surface area contributed by atoms with E-state index in [1.807, 2.05) is 0 Å². The number of hydrogen-bond acceptors (Lipinski definition) is 3. The highest BCUT2D eigenvalue weighted by molar-refractivity contribution is 7.89. The van der Waals surface area contributed by atoms with Gasteiger partial charge in [-0.15, -0.1) is 0 Å². The van der Waals surface area contributed by atoms with Crippen molar-refractivity contribution >= 4 is 10.0 Å². The quantitative estimate of drug-likeness (QED) is 0.816. The Morgan fingerprint density at radius 3 is 2.21 bits per heavy atom. The van der Waals surface area contributed by atoms with Crippen molar-refractivity contribution in [2.75, 3.05) is 13.7 Å². The molecule has 1 aromatic rings. The van der Waals surface area contributed by atoms with Gasteiger partial charge in [0.25, 0.3) is 0 Å². The molecule has 0 saturated carbocycles. The summed E-state index contributed by atoms with van der Waals surface area (Å²) in [5.41, 5.74) is 0. The number of rotatable bonds is 6. The number of nitrogens with one attached hydrogen (secondary N) is 1. The van der Waals surface area contributed by atoms with Gasteiger partial charge in [-0.2, -0.15) is 8.78 Å². The SMILES string of the molecule is COc1ccc(S(=O)(=O)NCC(F)(F)C(F)F)cc1.